The van der Waals surface area contributed by atoms with E-state index in [0.29, 0.717) is 27.6 Å². The number of carbonyl (C=O) groups is 1. The van der Waals surface area contributed by atoms with Gasteiger partial charge < -0.3 is 9.32 Å². The minimum Gasteiger partial charge on any atom is -0.436 e. The highest BCUT2D eigenvalue weighted by molar-refractivity contribution is 6.31. The van der Waals surface area contributed by atoms with Crippen LogP contribution >= 0.6 is 11.6 Å². The summed E-state index contributed by atoms with van der Waals surface area (Å²) in [6.45, 7) is 0. The molecule has 0 radical (unpaired) electrons. The molecule has 0 aliphatic carbocycles. The zero-order valence-electron chi connectivity index (χ0n) is 11.4. The number of rotatable bonds is 2. The van der Waals surface area contributed by atoms with Gasteiger partial charge in [-0.2, -0.15) is 0 Å². The summed E-state index contributed by atoms with van der Waals surface area (Å²) in [5.41, 5.74) is 1.88. The molecule has 3 aromatic rings. The average molecular weight is 303 g/mol. The average Bonchev–Trinajstić information content (AvgIpc) is 2.89. The number of carbonyl (C=O) groups excluding carboxylic acids is 1. The van der Waals surface area contributed by atoms with E-state index in [0.717, 1.165) is 0 Å². The Morgan fingerprint density at radius 3 is 2.62 bits per heavy atom. The molecule has 0 spiro atoms. The van der Waals surface area contributed by atoms with Crippen LogP contribution in [-0.4, -0.2) is 39.9 Å². The Morgan fingerprint density at radius 1 is 1.24 bits per heavy atom. The number of hydrogen-bond donors (Lipinski definition) is 0. The first-order chi connectivity index (χ1) is 10.0. The standard InChI is InChI=1S/C14H11ClN4O2/c1-19(2)14(20)12-16-6-8(7-17-12)13-18-10-4-3-9(15)5-11(10)21-13/h3-7H,1-2H3. The number of oxazole rings is 1. The van der Waals surface area contributed by atoms with Gasteiger partial charge in [0.15, 0.2) is 5.58 Å². The maximum absolute atomic E-state index is 11.7. The summed E-state index contributed by atoms with van der Waals surface area (Å²) in [7, 11) is 3.29. The predicted octanol–water partition coefficient (Wildman–Crippen LogP) is 2.64. The van der Waals surface area contributed by atoms with Crippen LogP contribution < -0.4 is 0 Å². The van der Waals surface area contributed by atoms with E-state index in [9.17, 15) is 4.79 Å². The quantitative estimate of drug-likeness (QED) is 0.727. The van der Waals surface area contributed by atoms with E-state index in [2.05, 4.69) is 15.0 Å². The van der Waals surface area contributed by atoms with Crippen LogP contribution in [0.4, 0.5) is 0 Å². The molecule has 0 fully saturated rings. The zero-order valence-corrected chi connectivity index (χ0v) is 12.1. The number of fused-ring (bicyclic) bond motifs is 1. The molecular weight excluding hydrogens is 292 g/mol. The summed E-state index contributed by atoms with van der Waals surface area (Å²) in [5, 5.41) is 0.577. The Bertz CT molecular complexity index is 811. The number of nitrogens with zero attached hydrogens (tertiary/aromatic N) is 4. The van der Waals surface area contributed by atoms with Gasteiger partial charge in [-0.05, 0) is 12.1 Å². The molecule has 6 nitrogen and oxygen atoms in total. The lowest BCUT2D eigenvalue weighted by molar-refractivity contribution is 0.0816. The summed E-state index contributed by atoms with van der Waals surface area (Å²) in [5.74, 6) is 0.255. The first-order valence-electron chi connectivity index (χ1n) is 6.15. The van der Waals surface area contributed by atoms with E-state index < -0.39 is 0 Å². The minimum absolute atomic E-state index is 0.128. The smallest absolute Gasteiger partial charge is 0.291 e. The Balaban J connectivity index is 1.97. The van der Waals surface area contributed by atoms with Crippen molar-refractivity contribution in [3.63, 3.8) is 0 Å². The van der Waals surface area contributed by atoms with Crippen molar-refractivity contribution in [3.8, 4) is 11.5 Å². The van der Waals surface area contributed by atoms with Crippen molar-refractivity contribution in [1.29, 1.82) is 0 Å². The molecule has 1 aromatic carbocycles. The van der Waals surface area contributed by atoms with E-state index in [-0.39, 0.29) is 11.7 Å². The van der Waals surface area contributed by atoms with Gasteiger partial charge in [-0.3, -0.25) is 4.79 Å². The molecule has 0 saturated heterocycles. The van der Waals surface area contributed by atoms with Crippen LogP contribution in [0, 0.1) is 0 Å². The highest BCUT2D eigenvalue weighted by Crippen LogP contribution is 2.25. The van der Waals surface area contributed by atoms with Crippen LogP contribution in [0.5, 0.6) is 0 Å². The van der Waals surface area contributed by atoms with Crippen LogP contribution in [0.3, 0.4) is 0 Å². The largest absolute Gasteiger partial charge is 0.436 e. The molecule has 2 heterocycles. The van der Waals surface area contributed by atoms with Crippen molar-refractivity contribution >= 4 is 28.6 Å². The number of benzene rings is 1. The monoisotopic (exact) mass is 302 g/mol. The summed E-state index contributed by atoms with van der Waals surface area (Å²) in [6.07, 6.45) is 3.02. The first-order valence-corrected chi connectivity index (χ1v) is 6.52. The first kappa shape index (κ1) is 13.5. The van der Waals surface area contributed by atoms with Gasteiger partial charge in [0, 0.05) is 37.6 Å². The van der Waals surface area contributed by atoms with Crippen molar-refractivity contribution in [2.45, 2.75) is 0 Å². The Labute approximate surface area is 125 Å². The highest BCUT2D eigenvalue weighted by atomic mass is 35.5. The fourth-order valence-electron chi connectivity index (χ4n) is 1.77. The van der Waals surface area contributed by atoms with E-state index >= 15 is 0 Å². The van der Waals surface area contributed by atoms with Gasteiger partial charge in [0.1, 0.15) is 5.52 Å². The molecule has 0 aliphatic heterocycles. The third-order valence-corrected chi connectivity index (χ3v) is 3.08. The lowest BCUT2D eigenvalue weighted by Gasteiger charge is -2.07. The van der Waals surface area contributed by atoms with Crippen molar-refractivity contribution in [2.75, 3.05) is 14.1 Å². The molecule has 0 N–H and O–H groups in total. The van der Waals surface area contributed by atoms with Gasteiger partial charge in [0.25, 0.3) is 5.91 Å². The molecule has 0 unspecified atom stereocenters. The molecule has 2 aromatic heterocycles. The Morgan fingerprint density at radius 2 is 1.95 bits per heavy atom. The van der Waals surface area contributed by atoms with Gasteiger partial charge in [-0.25, -0.2) is 15.0 Å². The molecule has 7 heteroatoms. The summed E-state index contributed by atoms with van der Waals surface area (Å²) < 4.78 is 5.61. The second-order valence-electron chi connectivity index (χ2n) is 4.63. The predicted molar refractivity (Wildman–Crippen MR) is 78.1 cm³/mol. The van der Waals surface area contributed by atoms with Crippen molar-refractivity contribution < 1.29 is 9.21 Å². The van der Waals surface area contributed by atoms with E-state index in [1.54, 1.807) is 32.3 Å². The SMILES string of the molecule is CN(C)C(=O)c1ncc(-c2nc3ccc(Cl)cc3o2)cn1. The van der Waals surface area contributed by atoms with Crippen LogP contribution in [0.2, 0.25) is 5.02 Å². The highest BCUT2D eigenvalue weighted by Gasteiger charge is 2.14. The molecule has 1 amide bonds. The van der Waals surface area contributed by atoms with E-state index in [4.69, 9.17) is 16.0 Å². The third-order valence-electron chi connectivity index (χ3n) is 2.85. The van der Waals surface area contributed by atoms with Crippen LogP contribution in [0.15, 0.2) is 35.0 Å². The van der Waals surface area contributed by atoms with Crippen LogP contribution in [-0.2, 0) is 0 Å². The summed E-state index contributed by atoms with van der Waals surface area (Å²) in [6, 6.07) is 5.21. The van der Waals surface area contributed by atoms with Crippen LogP contribution in [0.25, 0.3) is 22.6 Å². The van der Waals surface area contributed by atoms with Crippen molar-refractivity contribution in [2.24, 2.45) is 0 Å². The molecule has 0 aliphatic rings. The normalized spacial score (nSPS) is 10.8. The molecular formula is C14H11ClN4O2. The van der Waals surface area contributed by atoms with Crippen molar-refractivity contribution in [1.82, 2.24) is 19.9 Å². The maximum atomic E-state index is 11.7. The van der Waals surface area contributed by atoms with Gasteiger partial charge in [-0.15, -0.1) is 0 Å². The lowest BCUT2D eigenvalue weighted by atomic mass is 10.3. The second-order valence-corrected chi connectivity index (χ2v) is 5.06. The number of amides is 1. The van der Waals surface area contributed by atoms with Gasteiger partial charge in [0.2, 0.25) is 11.7 Å². The number of halogens is 1. The molecule has 0 saturated carbocycles. The lowest BCUT2D eigenvalue weighted by Crippen LogP contribution is -2.23. The number of aromatic nitrogens is 3. The fourth-order valence-corrected chi connectivity index (χ4v) is 1.93. The minimum atomic E-state index is -0.258. The summed E-state index contributed by atoms with van der Waals surface area (Å²) in [4.78, 5) is 25.5. The fraction of sp³-hybridized carbons (Fsp3) is 0.143. The third kappa shape index (κ3) is 2.57. The molecule has 0 atom stereocenters. The van der Waals surface area contributed by atoms with E-state index in [1.807, 2.05) is 0 Å². The Hall–Kier alpha value is -2.47. The second kappa shape index (κ2) is 5.14. The maximum Gasteiger partial charge on any atom is 0.291 e. The van der Waals surface area contributed by atoms with Crippen LogP contribution in [0.1, 0.15) is 10.6 Å². The number of hydrogen-bond acceptors (Lipinski definition) is 5. The topological polar surface area (TPSA) is 72.1 Å². The molecule has 0 bridgehead atoms. The van der Waals surface area contributed by atoms with E-state index in [1.165, 1.54) is 17.3 Å². The molecule has 21 heavy (non-hydrogen) atoms. The Kier molecular flexibility index (Phi) is 3.31. The van der Waals surface area contributed by atoms with Gasteiger partial charge in [0.05, 0.1) is 5.56 Å². The molecule has 3 rings (SSSR count). The summed E-state index contributed by atoms with van der Waals surface area (Å²) >= 11 is 5.90. The van der Waals surface area contributed by atoms with Crippen molar-refractivity contribution in [3.05, 3.63) is 41.4 Å². The van der Waals surface area contributed by atoms with Gasteiger partial charge >= 0.3 is 0 Å². The molecule has 106 valence electrons. The van der Waals surface area contributed by atoms with Gasteiger partial charge in [-0.1, -0.05) is 11.6 Å². The zero-order chi connectivity index (χ0) is 15.0.